The van der Waals surface area contributed by atoms with Crippen molar-refractivity contribution in [3.05, 3.63) is 29.3 Å². The Hall–Kier alpha value is -1.51. The number of para-hydroxylation sites is 1. The van der Waals surface area contributed by atoms with Crippen LogP contribution >= 0.6 is 0 Å². The van der Waals surface area contributed by atoms with E-state index in [9.17, 15) is 4.79 Å². The molecule has 1 aromatic carbocycles. The minimum Gasteiger partial charge on any atom is -0.496 e. The molecule has 1 unspecified atom stereocenters. The van der Waals surface area contributed by atoms with Crippen LogP contribution in [0.2, 0.25) is 0 Å². The number of benzene rings is 1. The second-order valence-electron chi connectivity index (χ2n) is 3.94. The van der Waals surface area contributed by atoms with E-state index in [1.165, 1.54) is 0 Å². The molecular weight excluding hydrogens is 202 g/mol. The molecule has 0 fully saturated rings. The molecule has 0 aliphatic carbocycles. The average molecular weight is 221 g/mol. The van der Waals surface area contributed by atoms with Gasteiger partial charge in [0, 0.05) is 6.04 Å². The van der Waals surface area contributed by atoms with Gasteiger partial charge in [0.25, 0.3) is 5.91 Å². The number of carbonyl (C=O) groups excluding carboxylic acids is 1. The quantitative estimate of drug-likeness (QED) is 0.848. The van der Waals surface area contributed by atoms with E-state index in [0.29, 0.717) is 11.3 Å². The summed E-state index contributed by atoms with van der Waals surface area (Å²) in [5, 5.41) is 2.93. The number of aryl methyl sites for hydroxylation is 1. The van der Waals surface area contributed by atoms with Gasteiger partial charge in [-0.2, -0.15) is 0 Å². The number of carbonyl (C=O) groups is 1. The second kappa shape index (κ2) is 5.54. The van der Waals surface area contributed by atoms with Gasteiger partial charge in [0.05, 0.1) is 12.7 Å². The van der Waals surface area contributed by atoms with Crippen molar-refractivity contribution < 1.29 is 9.53 Å². The molecule has 3 heteroatoms. The van der Waals surface area contributed by atoms with Crippen molar-refractivity contribution in [2.45, 2.75) is 33.2 Å². The van der Waals surface area contributed by atoms with Gasteiger partial charge in [-0.15, -0.1) is 0 Å². The lowest BCUT2D eigenvalue weighted by Gasteiger charge is -2.14. The molecule has 88 valence electrons. The van der Waals surface area contributed by atoms with Crippen LogP contribution in [0.15, 0.2) is 18.2 Å². The van der Waals surface area contributed by atoms with Gasteiger partial charge in [0.15, 0.2) is 0 Å². The van der Waals surface area contributed by atoms with Crippen molar-refractivity contribution >= 4 is 5.91 Å². The summed E-state index contributed by atoms with van der Waals surface area (Å²) in [6, 6.07) is 5.75. The molecule has 1 N–H and O–H groups in total. The molecule has 1 rings (SSSR count). The van der Waals surface area contributed by atoms with Crippen LogP contribution in [0.25, 0.3) is 0 Å². The molecule has 0 spiro atoms. The van der Waals surface area contributed by atoms with E-state index in [1.54, 1.807) is 13.2 Å². The molecule has 16 heavy (non-hydrogen) atoms. The van der Waals surface area contributed by atoms with Crippen molar-refractivity contribution in [2.24, 2.45) is 0 Å². The molecule has 0 saturated carbocycles. The van der Waals surface area contributed by atoms with E-state index < -0.39 is 0 Å². The van der Waals surface area contributed by atoms with E-state index in [2.05, 4.69) is 5.32 Å². The summed E-state index contributed by atoms with van der Waals surface area (Å²) < 4.78 is 5.25. The first-order valence-corrected chi connectivity index (χ1v) is 5.54. The van der Waals surface area contributed by atoms with Crippen LogP contribution in [-0.4, -0.2) is 19.1 Å². The van der Waals surface area contributed by atoms with E-state index >= 15 is 0 Å². The van der Waals surface area contributed by atoms with Crippen LogP contribution in [0, 0.1) is 6.92 Å². The smallest absolute Gasteiger partial charge is 0.255 e. The third-order valence-electron chi connectivity index (χ3n) is 2.65. The van der Waals surface area contributed by atoms with Crippen LogP contribution in [0.3, 0.4) is 0 Å². The number of hydrogen-bond donors (Lipinski definition) is 1. The van der Waals surface area contributed by atoms with Crippen molar-refractivity contribution in [1.82, 2.24) is 5.32 Å². The van der Waals surface area contributed by atoms with E-state index in [0.717, 1.165) is 12.0 Å². The number of hydrogen-bond acceptors (Lipinski definition) is 2. The molecule has 0 aliphatic heterocycles. The van der Waals surface area contributed by atoms with Crippen molar-refractivity contribution in [2.75, 3.05) is 7.11 Å². The fourth-order valence-electron chi connectivity index (χ4n) is 1.51. The Morgan fingerprint density at radius 3 is 2.75 bits per heavy atom. The van der Waals surface area contributed by atoms with Crippen LogP contribution in [-0.2, 0) is 0 Å². The van der Waals surface area contributed by atoms with Crippen LogP contribution in [0.4, 0.5) is 0 Å². The lowest BCUT2D eigenvalue weighted by molar-refractivity contribution is 0.0936. The van der Waals surface area contributed by atoms with Gasteiger partial charge in [-0.25, -0.2) is 0 Å². The van der Waals surface area contributed by atoms with Gasteiger partial charge in [-0.3, -0.25) is 4.79 Å². The number of nitrogens with one attached hydrogen (secondary N) is 1. The summed E-state index contributed by atoms with van der Waals surface area (Å²) in [7, 11) is 1.59. The van der Waals surface area contributed by atoms with Crippen molar-refractivity contribution in [3.63, 3.8) is 0 Å². The summed E-state index contributed by atoms with van der Waals surface area (Å²) in [5.41, 5.74) is 1.57. The predicted octanol–water partition coefficient (Wildman–Crippen LogP) is 2.53. The Labute approximate surface area is 96.8 Å². The fraction of sp³-hybridized carbons (Fsp3) is 0.462. The molecule has 0 heterocycles. The Bertz CT molecular complexity index is 374. The molecule has 3 nitrogen and oxygen atoms in total. The Kier molecular flexibility index (Phi) is 4.35. The normalized spacial score (nSPS) is 12.0. The first-order valence-electron chi connectivity index (χ1n) is 5.54. The minimum absolute atomic E-state index is 0.0742. The molecule has 1 aromatic rings. The van der Waals surface area contributed by atoms with Crippen molar-refractivity contribution in [1.29, 1.82) is 0 Å². The lowest BCUT2D eigenvalue weighted by atomic mass is 10.1. The van der Waals surface area contributed by atoms with Gasteiger partial charge in [0.2, 0.25) is 0 Å². The monoisotopic (exact) mass is 221 g/mol. The highest BCUT2D eigenvalue weighted by Gasteiger charge is 2.14. The van der Waals surface area contributed by atoms with Gasteiger partial charge in [0.1, 0.15) is 5.75 Å². The van der Waals surface area contributed by atoms with Crippen molar-refractivity contribution in [3.8, 4) is 5.75 Å². The summed E-state index contributed by atoms with van der Waals surface area (Å²) in [6.45, 7) is 5.96. The molecule has 0 saturated heterocycles. The van der Waals surface area contributed by atoms with E-state index in [4.69, 9.17) is 4.74 Å². The maximum atomic E-state index is 12.0. The summed E-state index contributed by atoms with van der Waals surface area (Å²) in [4.78, 5) is 12.0. The highest BCUT2D eigenvalue weighted by atomic mass is 16.5. The Morgan fingerprint density at radius 2 is 2.19 bits per heavy atom. The van der Waals surface area contributed by atoms with E-state index in [-0.39, 0.29) is 11.9 Å². The van der Waals surface area contributed by atoms with Crippen LogP contribution in [0.5, 0.6) is 5.75 Å². The number of ether oxygens (including phenoxy) is 1. The minimum atomic E-state index is -0.0742. The molecular formula is C13H19NO2. The standard InChI is InChI=1S/C13H19NO2/c1-5-10(3)14-13(15)11-8-6-7-9(2)12(11)16-4/h6-8,10H,5H2,1-4H3,(H,14,15). The lowest BCUT2D eigenvalue weighted by Crippen LogP contribution is -2.32. The Morgan fingerprint density at radius 1 is 1.50 bits per heavy atom. The SMILES string of the molecule is CCC(C)NC(=O)c1cccc(C)c1OC. The summed E-state index contributed by atoms with van der Waals surface area (Å²) in [6.07, 6.45) is 0.917. The zero-order valence-corrected chi connectivity index (χ0v) is 10.3. The van der Waals surface area contributed by atoms with Gasteiger partial charge < -0.3 is 10.1 Å². The molecule has 0 aliphatic rings. The summed E-state index contributed by atoms with van der Waals surface area (Å²) >= 11 is 0. The number of rotatable bonds is 4. The van der Waals surface area contributed by atoms with Gasteiger partial charge in [-0.1, -0.05) is 19.1 Å². The maximum Gasteiger partial charge on any atom is 0.255 e. The topological polar surface area (TPSA) is 38.3 Å². The maximum absolute atomic E-state index is 12.0. The zero-order chi connectivity index (χ0) is 12.1. The van der Waals surface area contributed by atoms with Gasteiger partial charge >= 0.3 is 0 Å². The fourth-order valence-corrected chi connectivity index (χ4v) is 1.51. The molecule has 1 amide bonds. The van der Waals surface area contributed by atoms with Crippen LogP contribution in [0.1, 0.15) is 36.2 Å². The molecule has 1 atom stereocenters. The second-order valence-corrected chi connectivity index (χ2v) is 3.94. The molecule has 0 aromatic heterocycles. The third-order valence-corrected chi connectivity index (χ3v) is 2.65. The van der Waals surface area contributed by atoms with Gasteiger partial charge in [-0.05, 0) is 31.9 Å². The first-order chi connectivity index (χ1) is 7.60. The summed E-state index contributed by atoms with van der Waals surface area (Å²) in [5.74, 6) is 0.582. The highest BCUT2D eigenvalue weighted by molar-refractivity contribution is 5.97. The highest BCUT2D eigenvalue weighted by Crippen LogP contribution is 2.22. The average Bonchev–Trinajstić information content (AvgIpc) is 2.28. The third kappa shape index (κ3) is 2.75. The Balaban J connectivity index is 2.95. The molecule has 0 bridgehead atoms. The van der Waals surface area contributed by atoms with E-state index in [1.807, 2.05) is 32.9 Å². The number of methoxy groups -OCH3 is 1. The predicted molar refractivity (Wildman–Crippen MR) is 65.0 cm³/mol. The van der Waals surface area contributed by atoms with Crippen LogP contribution < -0.4 is 10.1 Å². The zero-order valence-electron chi connectivity index (χ0n) is 10.3. The molecule has 0 radical (unpaired) electrons. The number of amides is 1. The largest absolute Gasteiger partial charge is 0.496 e. The first kappa shape index (κ1) is 12.6.